The minimum Gasteiger partial charge on any atom is -0.353 e. The molecule has 1 atom stereocenters. The van der Waals surface area contributed by atoms with Crippen molar-refractivity contribution in [2.75, 3.05) is 37.6 Å². The zero-order valence-corrected chi connectivity index (χ0v) is 13.3. The van der Waals surface area contributed by atoms with Gasteiger partial charge in [0.25, 0.3) is 0 Å². The largest absolute Gasteiger partial charge is 0.353 e. The van der Waals surface area contributed by atoms with Gasteiger partial charge in [-0.05, 0) is 6.92 Å². The van der Waals surface area contributed by atoms with Crippen LogP contribution in [0, 0.1) is 6.92 Å². The fourth-order valence-corrected chi connectivity index (χ4v) is 3.65. The van der Waals surface area contributed by atoms with Crippen LogP contribution < -0.4 is 4.90 Å². The fraction of sp³-hybridized carbons (Fsp3) is 0.615. The lowest BCUT2D eigenvalue weighted by Crippen LogP contribution is -2.48. The number of rotatable bonds is 1. The summed E-state index contributed by atoms with van der Waals surface area (Å²) >= 11 is 7.89. The first-order valence-corrected chi connectivity index (χ1v) is 8.10. The molecule has 0 N–H and O–H groups in total. The quantitative estimate of drug-likeness (QED) is 0.743. The molecule has 3 rings (SSSR count). The fourth-order valence-electron chi connectivity index (χ4n) is 2.44. The first kappa shape index (κ1) is 13.9. The molecule has 5 nitrogen and oxygen atoms in total. The van der Waals surface area contributed by atoms with E-state index in [9.17, 15) is 0 Å². The second kappa shape index (κ2) is 5.77. The van der Waals surface area contributed by atoms with E-state index in [4.69, 9.17) is 11.6 Å². The van der Waals surface area contributed by atoms with E-state index in [-0.39, 0.29) is 0 Å². The molecule has 2 aliphatic rings. The molecule has 0 amide bonds. The Labute approximate surface area is 128 Å². The van der Waals surface area contributed by atoms with Gasteiger partial charge in [-0.1, -0.05) is 30.3 Å². The summed E-state index contributed by atoms with van der Waals surface area (Å²) in [6.07, 6.45) is 0. The Kier molecular flexibility index (Phi) is 4.03. The summed E-state index contributed by atoms with van der Waals surface area (Å²) in [6.45, 7) is 8.90. The number of hydrogen-bond donors (Lipinski definition) is 0. The van der Waals surface area contributed by atoms with E-state index in [1.165, 1.54) is 5.17 Å². The van der Waals surface area contributed by atoms with Crippen LogP contribution in [0.4, 0.5) is 5.82 Å². The molecule has 1 aromatic heterocycles. The van der Waals surface area contributed by atoms with Gasteiger partial charge in [-0.2, -0.15) is 0 Å². The van der Waals surface area contributed by atoms with E-state index in [1.54, 1.807) is 0 Å². The molecule has 0 spiro atoms. The number of aliphatic imine (C=N–C) groups is 1. The van der Waals surface area contributed by atoms with Crippen molar-refractivity contribution in [1.82, 2.24) is 14.9 Å². The summed E-state index contributed by atoms with van der Waals surface area (Å²) in [5.74, 6) is 1.65. The highest BCUT2D eigenvalue weighted by molar-refractivity contribution is 8.14. The lowest BCUT2D eigenvalue weighted by molar-refractivity contribution is 0.391. The molecule has 1 fully saturated rings. The lowest BCUT2D eigenvalue weighted by atomic mass is 10.3. The molecule has 0 aromatic carbocycles. The van der Waals surface area contributed by atoms with Crippen molar-refractivity contribution in [3.8, 4) is 0 Å². The highest BCUT2D eigenvalue weighted by Crippen LogP contribution is 2.25. The molecule has 1 aromatic rings. The Morgan fingerprint density at radius 3 is 2.50 bits per heavy atom. The van der Waals surface area contributed by atoms with Crippen LogP contribution in [0.3, 0.4) is 0 Å². The number of anilines is 1. The third kappa shape index (κ3) is 3.01. The SMILES string of the molecule is Cc1nc(Cl)cc(N2CCN(C3=NC[C@H](C)S3)CC2)n1. The zero-order chi connectivity index (χ0) is 14.1. The van der Waals surface area contributed by atoms with Crippen LogP contribution in [-0.4, -0.2) is 58.0 Å². The van der Waals surface area contributed by atoms with E-state index in [0.29, 0.717) is 10.4 Å². The highest BCUT2D eigenvalue weighted by Gasteiger charge is 2.25. The first-order valence-electron chi connectivity index (χ1n) is 6.84. The minimum absolute atomic E-state index is 0.513. The van der Waals surface area contributed by atoms with Crippen LogP contribution in [0.1, 0.15) is 12.7 Å². The van der Waals surface area contributed by atoms with E-state index in [2.05, 4.69) is 31.7 Å². The molecular formula is C13H18ClN5S. The number of piperazine rings is 1. The monoisotopic (exact) mass is 311 g/mol. The molecule has 20 heavy (non-hydrogen) atoms. The Hall–Kier alpha value is -1.01. The van der Waals surface area contributed by atoms with Crippen LogP contribution >= 0.6 is 23.4 Å². The van der Waals surface area contributed by atoms with Gasteiger partial charge in [0.05, 0.1) is 6.54 Å². The van der Waals surface area contributed by atoms with Gasteiger partial charge in [0, 0.05) is 37.5 Å². The second-order valence-electron chi connectivity index (χ2n) is 5.12. The smallest absolute Gasteiger partial charge is 0.159 e. The van der Waals surface area contributed by atoms with E-state index < -0.39 is 0 Å². The second-order valence-corrected chi connectivity index (χ2v) is 6.91. The molecule has 3 heterocycles. The Morgan fingerprint density at radius 2 is 1.90 bits per heavy atom. The molecule has 108 valence electrons. The van der Waals surface area contributed by atoms with Gasteiger partial charge in [-0.25, -0.2) is 9.97 Å². The molecule has 7 heteroatoms. The van der Waals surface area contributed by atoms with Gasteiger partial charge in [0.15, 0.2) is 5.17 Å². The molecule has 0 bridgehead atoms. The molecule has 0 radical (unpaired) electrons. The molecule has 0 saturated carbocycles. The molecule has 0 aliphatic carbocycles. The first-order chi connectivity index (χ1) is 9.61. The molecule has 2 aliphatic heterocycles. The summed E-state index contributed by atoms with van der Waals surface area (Å²) in [6, 6.07) is 1.84. The maximum atomic E-state index is 6.01. The Morgan fingerprint density at radius 1 is 1.20 bits per heavy atom. The van der Waals surface area contributed by atoms with E-state index in [1.807, 2.05) is 24.8 Å². The van der Waals surface area contributed by atoms with Crippen LogP contribution in [0.2, 0.25) is 5.15 Å². The summed E-state index contributed by atoms with van der Waals surface area (Å²) in [4.78, 5) is 17.8. The van der Waals surface area contributed by atoms with Crippen LogP contribution in [-0.2, 0) is 0 Å². The van der Waals surface area contributed by atoms with Crippen molar-refractivity contribution < 1.29 is 0 Å². The van der Waals surface area contributed by atoms with E-state index >= 15 is 0 Å². The number of aryl methyl sites for hydroxylation is 1. The summed E-state index contributed by atoms with van der Waals surface area (Å²) in [7, 11) is 0. The van der Waals surface area contributed by atoms with Gasteiger partial charge in [0.1, 0.15) is 16.8 Å². The zero-order valence-electron chi connectivity index (χ0n) is 11.7. The third-order valence-electron chi connectivity index (χ3n) is 3.46. The minimum atomic E-state index is 0.513. The van der Waals surface area contributed by atoms with E-state index in [0.717, 1.165) is 44.4 Å². The van der Waals surface area contributed by atoms with Crippen LogP contribution in [0.25, 0.3) is 0 Å². The lowest BCUT2D eigenvalue weighted by Gasteiger charge is -2.36. The standard InChI is InChI=1S/C13H18ClN5S/c1-9-8-15-13(20-9)19-5-3-18(4-6-19)12-7-11(14)16-10(2)17-12/h7,9H,3-6,8H2,1-2H3/t9-/m0/s1. The van der Waals surface area contributed by atoms with Crippen LogP contribution in [0.5, 0.6) is 0 Å². The third-order valence-corrected chi connectivity index (χ3v) is 4.80. The number of aromatic nitrogens is 2. The van der Waals surface area contributed by atoms with Gasteiger partial charge < -0.3 is 9.80 Å². The normalized spacial score (nSPS) is 23.1. The Bertz CT molecular complexity index is 507. The maximum absolute atomic E-state index is 6.01. The summed E-state index contributed by atoms with van der Waals surface area (Å²) < 4.78 is 0. The Balaban J connectivity index is 1.63. The maximum Gasteiger partial charge on any atom is 0.159 e. The number of thioether (sulfide) groups is 1. The van der Waals surface area contributed by atoms with Gasteiger partial charge >= 0.3 is 0 Å². The number of nitrogens with zero attached hydrogens (tertiary/aromatic N) is 5. The topological polar surface area (TPSA) is 44.6 Å². The van der Waals surface area contributed by atoms with Crippen molar-refractivity contribution in [2.45, 2.75) is 19.1 Å². The average Bonchev–Trinajstić information content (AvgIpc) is 2.84. The number of amidine groups is 1. The van der Waals surface area contributed by atoms with Crippen LogP contribution in [0.15, 0.2) is 11.1 Å². The summed E-state index contributed by atoms with van der Waals surface area (Å²) in [5.41, 5.74) is 0. The van der Waals surface area contributed by atoms with Gasteiger partial charge in [-0.3, -0.25) is 4.99 Å². The average molecular weight is 312 g/mol. The predicted molar refractivity (Wildman–Crippen MR) is 84.9 cm³/mol. The number of hydrogen-bond acceptors (Lipinski definition) is 6. The van der Waals surface area contributed by atoms with Gasteiger partial charge in [0.2, 0.25) is 0 Å². The van der Waals surface area contributed by atoms with Crippen molar-refractivity contribution >= 4 is 34.3 Å². The predicted octanol–water partition coefficient (Wildman–Crippen LogP) is 2.05. The van der Waals surface area contributed by atoms with Crippen molar-refractivity contribution in [3.05, 3.63) is 17.0 Å². The van der Waals surface area contributed by atoms with Gasteiger partial charge in [-0.15, -0.1) is 0 Å². The van der Waals surface area contributed by atoms with Crippen molar-refractivity contribution in [3.63, 3.8) is 0 Å². The summed E-state index contributed by atoms with van der Waals surface area (Å²) in [5, 5.41) is 2.33. The molecule has 1 saturated heterocycles. The number of halogens is 1. The molecule has 0 unspecified atom stereocenters. The molecular weight excluding hydrogens is 294 g/mol. The highest BCUT2D eigenvalue weighted by atomic mass is 35.5. The van der Waals surface area contributed by atoms with Crippen molar-refractivity contribution in [1.29, 1.82) is 0 Å². The van der Waals surface area contributed by atoms with Crippen molar-refractivity contribution in [2.24, 2.45) is 4.99 Å².